The maximum atomic E-state index is 9.12. The summed E-state index contributed by atoms with van der Waals surface area (Å²) in [4.78, 5) is 4.06. The fraction of sp³-hybridized carbons (Fsp3) is 0.444. The predicted octanol–water partition coefficient (Wildman–Crippen LogP) is 1.99. The first-order valence-corrected chi connectivity index (χ1v) is 3.91. The second-order valence-electron chi connectivity index (χ2n) is 2.43. The second-order valence-corrected chi connectivity index (χ2v) is 2.43. The Labute approximate surface area is 73.5 Å². The molecule has 0 aromatic heterocycles. The van der Waals surface area contributed by atoms with Crippen LogP contribution < -0.4 is 5.32 Å². The Morgan fingerprint density at radius 3 is 2.67 bits per heavy atom. The molecule has 0 bridgehead atoms. The molecule has 0 aliphatic carbocycles. The zero-order valence-electron chi connectivity index (χ0n) is 7.89. The summed E-state index contributed by atoms with van der Waals surface area (Å²) < 4.78 is 0. The van der Waals surface area contributed by atoms with Gasteiger partial charge in [0, 0.05) is 19.5 Å². The summed E-state index contributed by atoms with van der Waals surface area (Å²) in [6, 6.07) is 0. The van der Waals surface area contributed by atoms with E-state index in [-0.39, 0.29) is 0 Å². The van der Waals surface area contributed by atoms with Crippen LogP contribution in [0.5, 0.6) is 0 Å². The zero-order valence-corrected chi connectivity index (χ0v) is 7.89. The van der Waals surface area contributed by atoms with Crippen molar-refractivity contribution < 1.29 is 5.11 Å². The number of hydrogen-bond acceptors (Lipinski definition) is 2. The van der Waals surface area contributed by atoms with Crippen molar-refractivity contribution in [2.24, 2.45) is 4.99 Å². The van der Waals surface area contributed by atoms with Gasteiger partial charge in [0.05, 0.1) is 17.3 Å². The Balaban J connectivity index is 4.24. The molecule has 0 aromatic carbocycles. The average molecular weight is 168 g/mol. The van der Waals surface area contributed by atoms with E-state index in [9.17, 15) is 0 Å². The molecule has 0 fully saturated rings. The number of nitrogens with zero attached hydrogens (tertiary/aromatic N) is 1. The summed E-state index contributed by atoms with van der Waals surface area (Å²) in [5.74, 6) is 1.08. The molecular formula is C9H16N2O. The van der Waals surface area contributed by atoms with Crippen molar-refractivity contribution in [3.8, 4) is 0 Å². The van der Waals surface area contributed by atoms with Gasteiger partial charge in [0.1, 0.15) is 0 Å². The van der Waals surface area contributed by atoms with Gasteiger partial charge in [0.2, 0.25) is 0 Å². The number of aliphatic hydroxyl groups excluding tert-OH is 1. The smallest absolute Gasteiger partial charge is 0.0988 e. The SMILES string of the molecule is C=C(/C=C(/O)CC)/N=C(/C)NC. The summed E-state index contributed by atoms with van der Waals surface area (Å²) in [5.41, 5.74) is 0.557. The van der Waals surface area contributed by atoms with Crippen LogP contribution in [0.25, 0.3) is 0 Å². The van der Waals surface area contributed by atoms with Crippen LogP contribution in [-0.4, -0.2) is 18.0 Å². The highest BCUT2D eigenvalue weighted by Crippen LogP contribution is 2.02. The van der Waals surface area contributed by atoms with Crippen LogP contribution in [0.4, 0.5) is 0 Å². The van der Waals surface area contributed by atoms with E-state index in [4.69, 9.17) is 5.11 Å². The maximum Gasteiger partial charge on any atom is 0.0988 e. The van der Waals surface area contributed by atoms with Gasteiger partial charge < -0.3 is 10.4 Å². The lowest BCUT2D eigenvalue weighted by atomic mass is 10.3. The van der Waals surface area contributed by atoms with E-state index >= 15 is 0 Å². The first kappa shape index (κ1) is 10.8. The Hall–Kier alpha value is -1.25. The van der Waals surface area contributed by atoms with Crippen molar-refractivity contribution in [3.63, 3.8) is 0 Å². The van der Waals surface area contributed by atoms with E-state index in [0.717, 1.165) is 5.84 Å². The molecule has 3 heteroatoms. The number of nitrogens with one attached hydrogen (secondary N) is 1. The monoisotopic (exact) mass is 168 g/mol. The maximum absolute atomic E-state index is 9.12. The van der Waals surface area contributed by atoms with Gasteiger partial charge in [0.25, 0.3) is 0 Å². The van der Waals surface area contributed by atoms with Gasteiger partial charge in [-0.15, -0.1) is 0 Å². The van der Waals surface area contributed by atoms with Crippen molar-refractivity contribution in [2.75, 3.05) is 7.05 Å². The predicted molar refractivity (Wildman–Crippen MR) is 52.3 cm³/mol. The van der Waals surface area contributed by atoms with Crippen LogP contribution in [0.2, 0.25) is 0 Å². The number of aliphatic hydroxyl groups is 1. The largest absolute Gasteiger partial charge is 0.512 e. The van der Waals surface area contributed by atoms with Gasteiger partial charge in [-0.1, -0.05) is 13.5 Å². The molecule has 0 amide bonds. The molecule has 0 rings (SSSR count). The highest BCUT2D eigenvalue weighted by molar-refractivity contribution is 5.80. The van der Waals surface area contributed by atoms with Gasteiger partial charge >= 0.3 is 0 Å². The first-order chi connectivity index (χ1) is 5.60. The molecule has 0 heterocycles. The molecule has 0 saturated carbocycles. The Morgan fingerprint density at radius 1 is 1.67 bits per heavy atom. The Morgan fingerprint density at radius 2 is 2.25 bits per heavy atom. The Bertz CT molecular complexity index is 195. The third kappa shape index (κ3) is 4.55. The lowest BCUT2D eigenvalue weighted by molar-refractivity contribution is 0.394. The minimum Gasteiger partial charge on any atom is -0.512 e. The molecule has 3 nitrogen and oxygen atoms in total. The van der Waals surface area contributed by atoms with Crippen LogP contribution in [0.1, 0.15) is 20.3 Å². The lowest BCUT2D eigenvalue weighted by Crippen LogP contribution is -2.13. The summed E-state index contributed by atoms with van der Waals surface area (Å²) in [6.45, 7) is 7.37. The van der Waals surface area contributed by atoms with Crippen molar-refractivity contribution in [1.29, 1.82) is 0 Å². The van der Waals surface area contributed by atoms with Crippen LogP contribution in [0.3, 0.4) is 0 Å². The molecule has 0 atom stereocenters. The van der Waals surface area contributed by atoms with E-state index in [1.54, 1.807) is 13.1 Å². The second kappa shape index (κ2) is 5.41. The van der Waals surface area contributed by atoms with Gasteiger partial charge in [-0.2, -0.15) is 0 Å². The van der Waals surface area contributed by atoms with E-state index in [1.807, 2.05) is 13.8 Å². The van der Waals surface area contributed by atoms with Crippen molar-refractivity contribution in [1.82, 2.24) is 5.32 Å². The highest BCUT2D eigenvalue weighted by Gasteiger charge is 1.90. The van der Waals surface area contributed by atoms with Crippen molar-refractivity contribution >= 4 is 5.84 Å². The fourth-order valence-electron chi connectivity index (χ4n) is 0.598. The number of hydrogen-bond donors (Lipinski definition) is 2. The molecule has 2 N–H and O–H groups in total. The minimum atomic E-state index is 0.299. The molecule has 0 aliphatic rings. The average Bonchev–Trinajstić information content (AvgIpc) is 2.03. The van der Waals surface area contributed by atoms with Gasteiger partial charge in [-0.3, -0.25) is 0 Å². The van der Waals surface area contributed by atoms with E-state index in [1.165, 1.54) is 0 Å². The van der Waals surface area contributed by atoms with Crippen molar-refractivity contribution in [2.45, 2.75) is 20.3 Å². The molecule has 12 heavy (non-hydrogen) atoms. The number of aliphatic imine (C=N–C) groups is 1. The lowest BCUT2D eigenvalue weighted by Gasteiger charge is -1.98. The summed E-state index contributed by atoms with van der Waals surface area (Å²) in [5, 5.41) is 12.0. The normalized spacial score (nSPS) is 12.9. The molecule has 0 spiro atoms. The molecule has 0 radical (unpaired) electrons. The topological polar surface area (TPSA) is 44.6 Å². The molecule has 0 unspecified atom stereocenters. The molecule has 0 saturated heterocycles. The standard InChI is InChI=1S/C9H16N2O/c1-5-9(12)6-7(2)11-8(3)10-4/h6,12H,2,5H2,1,3-4H3,(H,10,11)/b9-6+. The van der Waals surface area contributed by atoms with Crippen LogP contribution in [0, 0.1) is 0 Å². The summed E-state index contributed by atoms with van der Waals surface area (Å²) in [6.07, 6.45) is 2.16. The summed E-state index contributed by atoms with van der Waals surface area (Å²) >= 11 is 0. The van der Waals surface area contributed by atoms with Crippen LogP contribution in [0.15, 0.2) is 29.1 Å². The highest BCUT2D eigenvalue weighted by atomic mass is 16.3. The van der Waals surface area contributed by atoms with E-state index in [2.05, 4.69) is 16.9 Å². The number of allylic oxidation sites excluding steroid dienone is 2. The molecule has 0 aromatic rings. The fourth-order valence-corrected chi connectivity index (χ4v) is 0.598. The van der Waals surface area contributed by atoms with Gasteiger partial charge in [-0.25, -0.2) is 4.99 Å². The number of rotatable bonds is 3. The van der Waals surface area contributed by atoms with E-state index in [0.29, 0.717) is 17.9 Å². The van der Waals surface area contributed by atoms with E-state index < -0.39 is 0 Å². The van der Waals surface area contributed by atoms with Crippen LogP contribution in [-0.2, 0) is 0 Å². The molecular weight excluding hydrogens is 152 g/mol. The van der Waals surface area contributed by atoms with Gasteiger partial charge in [0.15, 0.2) is 0 Å². The van der Waals surface area contributed by atoms with Gasteiger partial charge in [-0.05, 0) is 6.92 Å². The van der Waals surface area contributed by atoms with Crippen LogP contribution >= 0.6 is 0 Å². The summed E-state index contributed by atoms with van der Waals surface area (Å²) in [7, 11) is 1.79. The number of amidine groups is 1. The Kier molecular flexibility index (Phi) is 4.84. The quantitative estimate of drug-likeness (QED) is 0.293. The molecule has 0 aliphatic heterocycles. The first-order valence-electron chi connectivity index (χ1n) is 3.91. The zero-order chi connectivity index (χ0) is 9.56. The minimum absolute atomic E-state index is 0.299. The third-order valence-electron chi connectivity index (χ3n) is 1.37. The van der Waals surface area contributed by atoms with Crippen molar-refractivity contribution in [3.05, 3.63) is 24.1 Å². The third-order valence-corrected chi connectivity index (χ3v) is 1.37. The molecule has 68 valence electrons.